The monoisotopic (exact) mass is 304 g/mol. The van der Waals surface area contributed by atoms with Crippen LogP contribution in [-0.4, -0.2) is 0 Å². The Balaban J connectivity index is 1.74. The molecule has 3 aromatic rings. The van der Waals surface area contributed by atoms with Crippen molar-refractivity contribution in [3.8, 4) is 0 Å². The maximum atomic E-state index is 2.55. The van der Waals surface area contributed by atoms with Gasteiger partial charge in [0, 0.05) is 22.2 Å². The predicted molar refractivity (Wildman–Crippen MR) is 93.4 cm³/mol. The molecule has 2 fully saturated rings. The van der Waals surface area contributed by atoms with Gasteiger partial charge in [0.2, 0.25) is 0 Å². The zero-order chi connectivity index (χ0) is 15.5. The number of benzene rings is 3. The topological polar surface area (TPSA) is 0 Å². The van der Waals surface area contributed by atoms with E-state index in [1.807, 2.05) is 0 Å². The van der Waals surface area contributed by atoms with E-state index in [4.69, 9.17) is 0 Å². The fourth-order valence-electron chi connectivity index (χ4n) is 8.42. The normalized spacial score (nSPS) is 45.1. The minimum atomic E-state index is 0.0220. The Bertz CT molecular complexity index is 1090. The average Bonchev–Trinajstić information content (AvgIpc) is 3.47. The molecule has 112 valence electrons. The Hall–Kier alpha value is -2.34. The van der Waals surface area contributed by atoms with E-state index in [9.17, 15) is 0 Å². The summed E-state index contributed by atoms with van der Waals surface area (Å²) in [6.07, 6.45) is 0. The summed E-state index contributed by atoms with van der Waals surface area (Å²) in [7, 11) is 0. The number of rotatable bonds is 0. The van der Waals surface area contributed by atoms with Crippen molar-refractivity contribution in [3.63, 3.8) is 0 Å². The van der Waals surface area contributed by atoms with Gasteiger partial charge >= 0.3 is 0 Å². The van der Waals surface area contributed by atoms with Crippen LogP contribution in [0.2, 0.25) is 0 Å². The van der Waals surface area contributed by atoms with Gasteiger partial charge in [-0.25, -0.2) is 0 Å². The lowest BCUT2D eigenvalue weighted by Gasteiger charge is -2.42. The summed E-state index contributed by atoms with van der Waals surface area (Å²) in [4.78, 5) is 0. The van der Waals surface area contributed by atoms with Crippen LogP contribution in [0.3, 0.4) is 0 Å². The summed E-state index contributed by atoms with van der Waals surface area (Å²) in [5.74, 6) is 0.673. The van der Waals surface area contributed by atoms with Gasteiger partial charge in [-0.1, -0.05) is 79.7 Å². The Kier molecular flexibility index (Phi) is 1.25. The second kappa shape index (κ2) is 2.67. The van der Waals surface area contributed by atoms with E-state index in [0.29, 0.717) is 16.7 Å². The van der Waals surface area contributed by atoms with E-state index in [0.717, 1.165) is 0 Å². The highest BCUT2D eigenvalue weighted by atomic mass is 15.1. The molecule has 8 aliphatic carbocycles. The van der Waals surface area contributed by atoms with Gasteiger partial charge in [0.15, 0.2) is 0 Å². The standard InChI is InChI=1S/C24H16/c1-21-15-6-8-17(9-7-15)22-16-4-2-14(3-5-16)20-23(21,24(20,21)22)19-12-10-18(22)11-13-19/h2-13,20H,1H3. The molecule has 0 nitrogen and oxygen atoms in total. The summed E-state index contributed by atoms with van der Waals surface area (Å²) in [6, 6.07) is 29.0. The first-order chi connectivity index (χ1) is 11.8. The fourth-order valence-corrected chi connectivity index (χ4v) is 8.42. The first-order valence-corrected chi connectivity index (χ1v) is 9.08. The SMILES string of the molecule is CC12c3ccc(cc3)C34c5ccc(cc5)C5C1(c1ccc3cc1)C542. The molecule has 5 atom stereocenters. The molecule has 3 aromatic carbocycles. The number of hydrogen-bond donors (Lipinski definition) is 0. The molecular weight excluding hydrogens is 288 g/mol. The predicted octanol–water partition coefficient (Wildman–Crippen LogP) is 4.65. The van der Waals surface area contributed by atoms with E-state index in [1.54, 1.807) is 16.7 Å². The first-order valence-electron chi connectivity index (χ1n) is 9.08. The molecule has 8 aliphatic rings. The Morgan fingerprint density at radius 1 is 0.583 bits per heavy atom. The summed E-state index contributed by atoms with van der Waals surface area (Å²) in [5.41, 5.74) is 10.1. The molecule has 0 amide bonds. The van der Waals surface area contributed by atoms with Crippen LogP contribution in [0.25, 0.3) is 0 Å². The third-order valence-electron chi connectivity index (χ3n) is 8.86. The van der Waals surface area contributed by atoms with Gasteiger partial charge in [-0.05, 0) is 33.4 Å². The molecule has 0 aliphatic heterocycles. The van der Waals surface area contributed by atoms with Gasteiger partial charge in [0.05, 0.1) is 5.41 Å². The highest BCUT2D eigenvalue weighted by molar-refractivity contribution is 5.86. The lowest BCUT2D eigenvalue weighted by atomic mass is 9.58. The van der Waals surface area contributed by atoms with Gasteiger partial charge in [0.25, 0.3) is 0 Å². The van der Waals surface area contributed by atoms with Crippen LogP contribution in [-0.2, 0) is 16.2 Å². The van der Waals surface area contributed by atoms with Crippen LogP contribution in [0.4, 0.5) is 0 Å². The molecule has 0 N–H and O–H groups in total. The molecule has 24 heavy (non-hydrogen) atoms. The third-order valence-corrected chi connectivity index (χ3v) is 8.86. The summed E-state index contributed by atoms with van der Waals surface area (Å²) in [5, 5.41) is 0. The minimum Gasteiger partial charge on any atom is -0.0584 e. The van der Waals surface area contributed by atoms with Gasteiger partial charge < -0.3 is 0 Å². The van der Waals surface area contributed by atoms with E-state index in [1.165, 1.54) is 16.7 Å². The molecule has 11 rings (SSSR count). The fraction of sp³-hybridized carbons (Fsp3) is 0.250. The van der Waals surface area contributed by atoms with Gasteiger partial charge in [0.1, 0.15) is 0 Å². The van der Waals surface area contributed by atoms with Gasteiger partial charge in [-0.2, -0.15) is 0 Å². The van der Waals surface area contributed by atoms with Gasteiger partial charge in [-0.15, -0.1) is 0 Å². The number of hydrogen-bond acceptors (Lipinski definition) is 0. The molecule has 5 unspecified atom stereocenters. The first kappa shape index (κ1) is 11.3. The largest absolute Gasteiger partial charge is 0.0584 e. The van der Waals surface area contributed by atoms with Crippen molar-refractivity contribution >= 4 is 0 Å². The lowest BCUT2D eigenvalue weighted by Crippen LogP contribution is -2.41. The quantitative estimate of drug-likeness (QED) is 0.567. The Morgan fingerprint density at radius 2 is 1.04 bits per heavy atom. The Morgan fingerprint density at radius 3 is 1.62 bits per heavy atom. The second-order valence-electron chi connectivity index (χ2n) is 8.70. The highest BCUT2D eigenvalue weighted by Gasteiger charge is 3.09. The van der Waals surface area contributed by atoms with Crippen LogP contribution in [0.5, 0.6) is 0 Å². The summed E-state index contributed by atoms with van der Waals surface area (Å²) < 4.78 is 0. The highest BCUT2D eigenvalue weighted by Crippen LogP contribution is 3.08. The molecule has 0 aromatic heterocycles. The molecule has 0 heteroatoms. The molecule has 1 spiro atoms. The summed E-state index contributed by atoms with van der Waals surface area (Å²) >= 11 is 0. The second-order valence-corrected chi connectivity index (χ2v) is 8.70. The maximum absolute atomic E-state index is 2.55. The molecular formula is C24H16. The zero-order valence-electron chi connectivity index (χ0n) is 13.5. The molecule has 6 bridgehead atoms. The zero-order valence-corrected chi connectivity index (χ0v) is 13.5. The Labute approximate surface area is 141 Å². The minimum absolute atomic E-state index is 0.0220. The van der Waals surface area contributed by atoms with Crippen molar-refractivity contribution in [2.24, 2.45) is 5.41 Å². The lowest BCUT2D eigenvalue weighted by molar-refractivity contribution is 0.315. The molecule has 0 radical (unpaired) electrons. The van der Waals surface area contributed by atoms with Crippen molar-refractivity contribution in [3.05, 3.63) is 106 Å². The van der Waals surface area contributed by atoms with Crippen molar-refractivity contribution in [2.75, 3.05) is 0 Å². The summed E-state index contributed by atoms with van der Waals surface area (Å²) in [6.45, 7) is 2.55. The maximum Gasteiger partial charge on any atom is 0.0531 e. The van der Waals surface area contributed by atoms with Crippen molar-refractivity contribution in [2.45, 2.75) is 29.1 Å². The van der Waals surface area contributed by atoms with Crippen molar-refractivity contribution < 1.29 is 0 Å². The van der Waals surface area contributed by atoms with E-state index >= 15 is 0 Å². The van der Waals surface area contributed by atoms with Crippen LogP contribution in [0.1, 0.15) is 46.2 Å². The average molecular weight is 304 g/mol. The molecule has 2 saturated carbocycles. The third kappa shape index (κ3) is 0.613. The van der Waals surface area contributed by atoms with Gasteiger partial charge in [-0.3, -0.25) is 0 Å². The van der Waals surface area contributed by atoms with Crippen LogP contribution < -0.4 is 0 Å². The molecule has 0 heterocycles. The van der Waals surface area contributed by atoms with E-state index in [-0.39, 0.29) is 10.8 Å². The van der Waals surface area contributed by atoms with Crippen molar-refractivity contribution in [1.82, 2.24) is 0 Å². The van der Waals surface area contributed by atoms with E-state index < -0.39 is 0 Å². The van der Waals surface area contributed by atoms with Crippen LogP contribution in [0.15, 0.2) is 72.8 Å². The molecule has 0 saturated heterocycles. The van der Waals surface area contributed by atoms with Crippen LogP contribution >= 0.6 is 0 Å². The van der Waals surface area contributed by atoms with Crippen molar-refractivity contribution in [1.29, 1.82) is 0 Å². The smallest absolute Gasteiger partial charge is 0.0531 e. The van der Waals surface area contributed by atoms with E-state index in [2.05, 4.69) is 79.7 Å². The number of fused-ring (bicyclic) bond motifs is 6. The van der Waals surface area contributed by atoms with Crippen LogP contribution in [0, 0.1) is 5.41 Å².